The first kappa shape index (κ1) is 12.6. The van der Waals surface area contributed by atoms with Crippen LogP contribution in [0.1, 0.15) is 40.5 Å². The van der Waals surface area contributed by atoms with E-state index in [0.717, 1.165) is 6.42 Å². The van der Waals surface area contributed by atoms with Gasteiger partial charge in [-0.15, -0.1) is 0 Å². The maximum atomic E-state index is 10.9. The molecule has 2 fully saturated rings. The Hall–Kier alpha value is -0.380. The summed E-state index contributed by atoms with van der Waals surface area (Å²) in [6.07, 6.45) is 5.99. The minimum Gasteiger partial charge on any atom is -0.389 e. The van der Waals surface area contributed by atoms with Gasteiger partial charge < -0.3 is 5.11 Å². The largest absolute Gasteiger partial charge is 0.389 e. The lowest BCUT2D eigenvalue weighted by Gasteiger charge is -2.40. The summed E-state index contributed by atoms with van der Waals surface area (Å²) in [5.74, 6) is 1.37. The average molecular weight is 252 g/mol. The van der Waals surface area contributed by atoms with Crippen LogP contribution in [0.4, 0.5) is 0 Å². The Labute approximate surface area is 109 Å². The van der Waals surface area contributed by atoms with Crippen molar-refractivity contribution in [1.82, 2.24) is 0 Å². The second-order valence-corrected chi connectivity index (χ2v) is 6.88. The van der Waals surface area contributed by atoms with E-state index in [9.17, 15) is 5.11 Å². The zero-order valence-electron chi connectivity index (χ0n) is 11.7. The maximum Gasteiger partial charge on any atom is 0.150 e. The van der Waals surface area contributed by atoms with Crippen LogP contribution in [0.25, 0.3) is 0 Å². The van der Waals surface area contributed by atoms with E-state index in [-0.39, 0.29) is 17.4 Å². The van der Waals surface area contributed by atoms with E-state index in [0.29, 0.717) is 11.8 Å². The molecule has 2 aliphatic heterocycles. The number of fused-ring (bicyclic) bond motifs is 1. The summed E-state index contributed by atoms with van der Waals surface area (Å²) < 4.78 is 0. The Kier molecular flexibility index (Phi) is 2.68. The SMILES string of the molecule is CC1CCC2C1C(O)C1(C(C)C)C=CC2(C)OO1. The summed E-state index contributed by atoms with van der Waals surface area (Å²) in [6.45, 7) is 8.50. The topological polar surface area (TPSA) is 38.7 Å². The van der Waals surface area contributed by atoms with Crippen molar-refractivity contribution < 1.29 is 14.9 Å². The molecule has 0 aromatic carbocycles. The van der Waals surface area contributed by atoms with Gasteiger partial charge in [0.05, 0.1) is 6.10 Å². The third-order valence-corrected chi connectivity index (χ3v) is 5.56. The first-order valence-electron chi connectivity index (χ1n) is 7.16. The summed E-state index contributed by atoms with van der Waals surface area (Å²) in [5, 5.41) is 10.9. The predicted molar refractivity (Wildman–Crippen MR) is 68.7 cm³/mol. The predicted octanol–water partition coefficient (Wildman–Crippen LogP) is 2.69. The average Bonchev–Trinajstić information content (AvgIpc) is 2.64. The molecule has 6 unspecified atom stereocenters. The standard InChI is InChI=1S/C15H24O3/c1-9(2)15-8-7-14(4,17-18-15)11-6-5-10(3)12(11)13(15)16/h7-13,16H,5-6H2,1-4H3. The lowest BCUT2D eigenvalue weighted by atomic mass is 9.73. The summed E-state index contributed by atoms with van der Waals surface area (Å²) in [4.78, 5) is 11.5. The Balaban J connectivity index is 2.10. The highest BCUT2D eigenvalue weighted by Crippen LogP contribution is 2.55. The lowest BCUT2D eigenvalue weighted by molar-refractivity contribution is -0.412. The third-order valence-electron chi connectivity index (χ3n) is 5.56. The van der Waals surface area contributed by atoms with E-state index in [1.54, 1.807) is 0 Å². The molecule has 0 radical (unpaired) electrons. The maximum absolute atomic E-state index is 10.9. The third kappa shape index (κ3) is 1.41. The van der Waals surface area contributed by atoms with E-state index in [1.807, 2.05) is 0 Å². The molecule has 6 atom stereocenters. The monoisotopic (exact) mass is 252 g/mol. The molecule has 2 bridgehead atoms. The highest BCUT2D eigenvalue weighted by atomic mass is 17.2. The minimum atomic E-state index is -0.669. The number of aliphatic hydroxyl groups is 1. The fourth-order valence-electron chi connectivity index (χ4n) is 4.20. The number of hydrogen-bond acceptors (Lipinski definition) is 3. The van der Waals surface area contributed by atoms with Crippen LogP contribution < -0.4 is 0 Å². The van der Waals surface area contributed by atoms with Crippen molar-refractivity contribution in [3.63, 3.8) is 0 Å². The van der Waals surface area contributed by atoms with Crippen LogP contribution in [0.15, 0.2) is 12.2 Å². The molecule has 102 valence electrons. The van der Waals surface area contributed by atoms with Gasteiger partial charge >= 0.3 is 0 Å². The molecule has 1 saturated carbocycles. The van der Waals surface area contributed by atoms with Gasteiger partial charge in [-0.05, 0) is 43.6 Å². The number of aliphatic hydroxyl groups excluding tert-OH is 1. The molecule has 0 spiro atoms. The van der Waals surface area contributed by atoms with E-state index in [2.05, 4.69) is 39.8 Å². The number of rotatable bonds is 1. The molecule has 0 amide bonds. The quantitative estimate of drug-likeness (QED) is 0.576. The molecule has 3 heteroatoms. The number of hydrogen-bond donors (Lipinski definition) is 1. The minimum absolute atomic E-state index is 0.194. The zero-order chi connectivity index (χ0) is 13.1. The van der Waals surface area contributed by atoms with Crippen molar-refractivity contribution in [2.75, 3.05) is 0 Å². The molecule has 2 heterocycles. The molecule has 0 aromatic rings. The Morgan fingerprint density at radius 1 is 1.22 bits per heavy atom. The van der Waals surface area contributed by atoms with Crippen LogP contribution in [-0.2, 0) is 9.78 Å². The van der Waals surface area contributed by atoms with Crippen LogP contribution in [0.3, 0.4) is 0 Å². The first-order chi connectivity index (χ1) is 8.41. The van der Waals surface area contributed by atoms with Gasteiger partial charge in [0.2, 0.25) is 0 Å². The van der Waals surface area contributed by atoms with Crippen molar-refractivity contribution in [3.05, 3.63) is 12.2 Å². The fraction of sp³-hybridized carbons (Fsp3) is 0.867. The fourth-order valence-corrected chi connectivity index (χ4v) is 4.20. The molecular weight excluding hydrogens is 228 g/mol. The van der Waals surface area contributed by atoms with Gasteiger partial charge in [0.1, 0.15) is 11.2 Å². The van der Waals surface area contributed by atoms with E-state index >= 15 is 0 Å². The van der Waals surface area contributed by atoms with Crippen LogP contribution in [0.2, 0.25) is 0 Å². The van der Waals surface area contributed by atoms with Gasteiger partial charge in [-0.1, -0.05) is 26.8 Å². The van der Waals surface area contributed by atoms with Crippen LogP contribution >= 0.6 is 0 Å². The lowest BCUT2D eigenvalue weighted by Crippen LogP contribution is -2.51. The summed E-state index contributed by atoms with van der Waals surface area (Å²) in [7, 11) is 0. The Morgan fingerprint density at radius 2 is 1.94 bits per heavy atom. The molecule has 1 saturated heterocycles. The van der Waals surface area contributed by atoms with Gasteiger partial charge in [-0.25, -0.2) is 9.78 Å². The summed E-state index contributed by atoms with van der Waals surface area (Å²) >= 11 is 0. The Morgan fingerprint density at radius 3 is 2.50 bits per heavy atom. The molecule has 0 aromatic heterocycles. The second kappa shape index (κ2) is 3.81. The van der Waals surface area contributed by atoms with Crippen molar-refractivity contribution in [3.8, 4) is 0 Å². The van der Waals surface area contributed by atoms with Crippen molar-refractivity contribution in [2.45, 2.75) is 57.8 Å². The van der Waals surface area contributed by atoms with Crippen LogP contribution in [0.5, 0.6) is 0 Å². The van der Waals surface area contributed by atoms with Gasteiger partial charge in [-0.3, -0.25) is 0 Å². The van der Waals surface area contributed by atoms with Gasteiger partial charge in [0.15, 0.2) is 0 Å². The van der Waals surface area contributed by atoms with E-state index in [1.165, 1.54) is 6.42 Å². The Bertz CT molecular complexity index is 378. The summed E-state index contributed by atoms with van der Waals surface area (Å²) in [5.41, 5.74) is -1.04. The molecule has 4 aliphatic rings. The smallest absolute Gasteiger partial charge is 0.150 e. The van der Waals surface area contributed by atoms with Crippen LogP contribution in [-0.4, -0.2) is 22.4 Å². The normalized spacial score (nSPS) is 54.8. The first-order valence-corrected chi connectivity index (χ1v) is 7.16. The van der Waals surface area contributed by atoms with Gasteiger partial charge in [0, 0.05) is 5.92 Å². The highest BCUT2D eigenvalue weighted by molar-refractivity contribution is 5.23. The highest BCUT2D eigenvalue weighted by Gasteiger charge is 2.61. The molecule has 3 nitrogen and oxygen atoms in total. The van der Waals surface area contributed by atoms with E-state index in [4.69, 9.17) is 9.78 Å². The zero-order valence-corrected chi connectivity index (χ0v) is 11.7. The molecule has 2 aliphatic carbocycles. The second-order valence-electron chi connectivity index (χ2n) is 6.88. The summed E-state index contributed by atoms with van der Waals surface area (Å²) in [6, 6.07) is 0. The van der Waals surface area contributed by atoms with Crippen molar-refractivity contribution >= 4 is 0 Å². The molecule has 1 N–H and O–H groups in total. The van der Waals surface area contributed by atoms with Gasteiger partial charge in [-0.2, -0.15) is 0 Å². The van der Waals surface area contributed by atoms with Crippen LogP contribution in [0, 0.1) is 23.7 Å². The van der Waals surface area contributed by atoms with Crippen molar-refractivity contribution in [2.24, 2.45) is 23.7 Å². The van der Waals surface area contributed by atoms with Gasteiger partial charge in [0.25, 0.3) is 0 Å². The molecular formula is C15H24O3. The molecule has 18 heavy (non-hydrogen) atoms. The molecule has 4 rings (SSSR count). The van der Waals surface area contributed by atoms with Crippen molar-refractivity contribution in [1.29, 1.82) is 0 Å². The van der Waals surface area contributed by atoms with E-state index < -0.39 is 11.7 Å².